The molecule has 43 heavy (non-hydrogen) atoms. The molecule has 1 aromatic rings. The molecule has 1 saturated carbocycles. The summed E-state index contributed by atoms with van der Waals surface area (Å²) in [5, 5.41) is 21.2. The summed E-state index contributed by atoms with van der Waals surface area (Å²) in [6.45, 7) is 24.8. The minimum absolute atomic E-state index is 0.0761. The van der Waals surface area contributed by atoms with Gasteiger partial charge in [-0.2, -0.15) is 0 Å². The lowest BCUT2D eigenvalue weighted by atomic mass is 9.90. The second kappa shape index (κ2) is 14.0. The molecule has 0 amide bonds. The number of allylic oxidation sites excluding steroid dienone is 2. The maximum absolute atomic E-state index is 13.4. The second-order valence-electron chi connectivity index (χ2n) is 15.2. The number of aliphatic carboxylic acids is 1. The summed E-state index contributed by atoms with van der Waals surface area (Å²) >= 11 is 0. The maximum atomic E-state index is 13.4. The van der Waals surface area contributed by atoms with Crippen LogP contribution in [0.15, 0.2) is 60.4 Å². The van der Waals surface area contributed by atoms with Gasteiger partial charge in [-0.15, -0.1) is 5.73 Å². The average Bonchev–Trinajstić information content (AvgIpc) is 3.22. The monoisotopic (exact) mass is 630 g/mol. The zero-order valence-electron chi connectivity index (χ0n) is 28.8. The highest BCUT2D eigenvalue weighted by atomic mass is 28.4. The van der Waals surface area contributed by atoms with E-state index in [-0.39, 0.29) is 22.1 Å². The third-order valence-corrected chi connectivity index (χ3v) is 18.7. The Balaban J connectivity index is 2.81. The van der Waals surface area contributed by atoms with Crippen molar-refractivity contribution in [3.8, 4) is 5.75 Å². The molecular weight excluding hydrogens is 573 g/mol. The molecule has 4 atom stereocenters. The number of aliphatic hydroxyl groups excluding tert-OH is 1. The first-order chi connectivity index (χ1) is 19.6. The van der Waals surface area contributed by atoms with Gasteiger partial charge in [0, 0.05) is 6.08 Å². The van der Waals surface area contributed by atoms with Crippen molar-refractivity contribution in [3.05, 3.63) is 60.4 Å². The first kappa shape index (κ1) is 37.3. The molecular formula is C35H58O6Si2. The summed E-state index contributed by atoms with van der Waals surface area (Å²) in [6.07, 6.45) is 10.9. The van der Waals surface area contributed by atoms with E-state index in [1.165, 1.54) is 0 Å². The molecule has 6 nitrogen and oxygen atoms in total. The number of rotatable bonds is 13. The van der Waals surface area contributed by atoms with Crippen LogP contribution in [0.25, 0.3) is 0 Å². The molecule has 242 valence electrons. The molecule has 8 heteroatoms. The Labute approximate surface area is 263 Å². The molecule has 2 N–H and O–H groups in total. The zero-order valence-corrected chi connectivity index (χ0v) is 30.8. The summed E-state index contributed by atoms with van der Waals surface area (Å²) in [5.41, 5.74) is 1.35. The number of benzene rings is 1. The van der Waals surface area contributed by atoms with Crippen LogP contribution in [0.1, 0.15) is 81.1 Å². The van der Waals surface area contributed by atoms with Crippen LogP contribution in [-0.2, 0) is 13.6 Å². The van der Waals surface area contributed by atoms with E-state index < -0.39 is 34.0 Å². The van der Waals surface area contributed by atoms with Crippen molar-refractivity contribution in [2.45, 2.75) is 135 Å². The van der Waals surface area contributed by atoms with Crippen LogP contribution in [0.2, 0.25) is 36.3 Å². The van der Waals surface area contributed by atoms with Gasteiger partial charge in [0.25, 0.3) is 5.60 Å². The number of carboxylic acids is 1. The van der Waals surface area contributed by atoms with Crippen molar-refractivity contribution >= 4 is 22.6 Å². The topological polar surface area (TPSA) is 85.2 Å². The summed E-state index contributed by atoms with van der Waals surface area (Å²) in [7, 11) is -5.35. The predicted molar refractivity (Wildman–Crippen MR) is 181 cm³/mol. The minimum atomic E-state index is -2.68. The summed E-state index contributed by atoms with van der Waals surface area (Å²) in [4.78, 5) is 13.4. The van der Waals surface area contributed by atoms with Crippen LogP contribution < -0.4 is 4.74 Å². The van der Waals surface area contributed by atoms with Crippen molar-refractivity contribution in [1.29, 1.82) is 0 Å². The highest BCUT2D eigenvalue weighted by Crippen LogP contribution is 2.48. The quantitative estimate of drug-likeness (QED) is 0.0979. The molecule has 0 saturated heterocycles. The number of aliphatic hydroxyl groups is 1. The fraction of sp³-hybridized carbons (Fsp3) is 0.657. The Kier molecular flexibility index (Phi) is 12.1. The van der Waals surface area contributed by atoms with Crippen LogP contribution in [0.3, 0.4) is 0 Å². The van der Waals surface area contributed by atoms with E-state index in [0.717, 1.165) is 19.3 Å². The van der Waals surface area contributed by atoms with Gasteiger partial charge in [-0.25, -0.2) is 4.79 Å². The molecule has 1 fully saturated rings. The fourth-order valence-corrected chi connectivity index (χ4v) is 7.60. The van der Waals surface area contributed by atoms with E-state index in [0.29, 0.717) is 18.1 Å². The zero-order chi connectivity index (χ0) is 32.9. The molecule has 0 spiro atoms. The number of para-hydroxylation sites is 1. The molecule has 0 aliphatic heterocycles. The third-order valence-electron chi connectivity index (χ3n) is 9.80. The van der Waals surface area contributed by atoms with E-state index in [4.69, 9.17) is 13.6 Å². The Morgan fingerprint density at radius 2 is 1.49 bits per heavy atom. The number of ether oxygens (including phenoxy) is 1. The predicted octanol–water partition coefficient (Wildman–Crippen LogP) is 9.10. The van der Waals surface area contributed by atoms with E-state index in [9.17, 15) is 15.0 Å². The van der Waals surface area contributed by atoms with Crippen LogP contribution in [-0.4, -0.2) is 50.3 Å². The Bertz CT molecular complexity index is 1130. The second-order valence-corrected chi connectivity index (χ2v) is 24.7. The lowest BCUT2D eigenvalue weighted by molar-refractivity contribution is -0.217. The van der Waals surface area contributed by atoms with E-state index in [1.807, 2.05) is 24.3 Å². The van der Waals surface area contributed by atoms with Gasteiger partial charge in [-0.1, -0.05) is 78.8 Å². The van der Waals surface area contributed by atoms with Crippen molar-refractivity contribution < 1.29 is 28.6 Å². The van der Waals surface area contributed by atoms with Gasteiger partial charge in [0.2, 0.25) is 5.79 Å². The van der Waals surface area contributed by atoms with Crippen LogP contribution >= 0.6 is 0 Å². The largest absolute Gasteiger partial charge is 0.478 e. The Hall–Kier alpha value is -1.94. The number of hydrogen-bond acceptors (Lipinski definition) is 5. The van der Waals surface area contributed by atoms with Gasteiger partial charge < -0.3 is 23.8 Å². The SMILES string of the molecule is CCC=C[C@H]1CC[C@H](O)[C@@H]1CC=C=CC([16O][Si](C)(C)C(C)(C)C)([16O][Si](C)(C)C(C)(C)C)C(C)(Oc1ccccc1)C(=O)O. The molecule has 0 heterocycles. The number of carbonyl (C=O) groups is 1. The molecule has 0 radical (unpaired) electrons. The van der Waals surface area contributed by atoms with E-state index in [2.05, 4.69) is 92.5 Å². The minimum Gasteiger partial charge on any atom is -0.478 e. The lowest BCUT2D eigenvalue weighted by Crippen LogP contribution is -2.69. The van der Waals surface area contributed by atoms with Crippen molar-refractivity contribution in [3.63, 3.8) is 0 Å². The van der Waals surface area contributed by atoms with Gasteiger partial charge in [0.15, 0.2) is 16.6 Å². The molecule has 0 bridgehead atoms. The summed E-state index contributed by atoms with van der Waals surface area (Å²) in [5.74, 6) is -2.20. The molecule has 1 aliphatic carbocycles. The van der Waals surface area contributed by atoms with Crippen molar-refractivity contribution in [1.82, 2.24) is 0 Å². The van der Waals surface area contributed by atoms with E-state index >= 15 is 0 Å². The summed E-state index contributed by atoms with van der Waals surface area (Å²) < 4.78 is 20.7. The smallest absolute Gasteiger partial charge is 0.353 e. The summed E-state index contributed by atoms with van der Waals surface area (Å²) in [6, 6.07) is 8.98. The van der Waals surface area contributed by atoms with Gasteiger partial charge in [0.1, 0.15) is 5.75 Å². The molecule has 1 aliphatic rings. The number of hydrogen-bond donors (Lipinski definition) is 2. The van der Waals surface area contributed by atoms with E-state index in [1.54, 1.807) is 25.1 Å². The maximum Gasteiger partial charge on any atom is 0.353 e. The highest BCUT2D eigenvalue weighted by Gasteiger charge is 2.63. The average molecular weight is 631 g/mol. The molecule has 1 unspecified atom stereocenters. The third kappa shape index (κ3) is 8.83. The number of carboxylic acid groups (broad SMARTS) is 1. The Morgan fingerprint density at radius 3 is 1.95 bits per heavy atom. The van der Waals surface area contributed by atoms with Crippen LogP contribution in [0.4, 0.5) is 0 Å². The standard InChI is InChI=1S/C35H58O6Si2/c1-13-14-20-27-24-25-30(36)29(27)23-18-19-26-35(40-42(9,10)32(2,3)4,41-43(11,12)33(5,6)7)34(8,31(37)38)39-28-21-16-15-17-22-28/h14-18,20-22,26-27,29-30,36H,13,23-25H2,1-12H3,(H,37,38)/t19?,27-,29+,30-,34?/m0/s1/i40+0,41+0. The van der Waals surface area contributed by atoms with Crippen molar-refractivity contribution in [2.24, 2.45) is 11.8 Å². The molecule has 1 aromatic carbocycles. The van der Waals surface area contributed by atoms with Gasteiger partial charge >= 0.3 is 5.97 Å². The normalized spacial score (nSPS) is 21.7. The molecule has 0 aromatic heterocycles. The van der Waals surface area contributed by atoms with Gasteiger partial charge in [0.05, 0.1) is 6.10 Å². The van der Waals surface area contributed by atoms with Crippen LogP contribution in [0.5, 0.6) is 5.75 Å². The van der Waals surface area contributed by atoms with Crippen molar-refractivity contribution in [2.75, 3.05) is 0 Å². The van der Waals surface area contributed by atoms with Crippen LogP contribution in [0, 0.1) is 11.8 Å². The first-order valence-corrected chi connectivity index (χ1v) is 21.6. The van der Waals surface area contributed by atoms with Gasteiger partial charge in [-0.05, 0) is 98.9 Å². The molecule has 2 rings (SSSR count). The highest BCUT2D eigenvalue weighted by molar-refractivity contribution is 6.75. The first-order valence-electron chi connectivity index (χ1n) is 15.8. The van der Waals surface area contributed by atoms with Gasteiger partial charge in [-0.3, -0.25) is 0 Å². The lowest BCUT2D eigenvalue weighted by Gasteiger charge is -2.53. The fourth-order valence-electron chi connectivity index (χ4n) is 4.80. The Morgan fingerprint density at radius 1 is 0.953 bits per heavy atom.